The Balaban J connectivity index is 2.81. The Labute approximate surface area is 116 Å². The Hall–Kier alpha value is -1.77. The molecule has 0 aliphatic carbocycles. The van der Waals surface area contributed by atoms with Gasteiger partial charge in [-0.15, -0.1) is 0 Å². The summed E-state index contributed by atoms with van der Waals surface area (Å²) in [5, 5.41) is 0. The molecule has 0 bridgehead atoms. The summed E-state index contributed by atoms with van der Waals surface area (Å²) in [5.74, 6) is 0.811. The lowest BCUT2D eigenvalue weighted by molar-refractivity contribution is 0.161. The van der Waals surface area contributed by atoms with Crippen molar-refractivity contribution < 1.29 is 4.74 Å². The molecular weight excluding hydrogens is 236 g/mol. The number of nitrogen functional groups attached to an aromatic ring is 1. The maximum absolute atomic E-state index is 5.96. The van der Waals surface area contributed by atoms with Crippen molar-refractivity contribution in [2.24, 2.45) is 4.99 Å². The number of anilines is 1. The third kappa shape index (κ3) is 5.60. The highest BCUT2D eigenvalue weighted by Gasteiger charge is 2.17. The summed E-state index contributed by atoms with van der Waals surface area (Å²) in [6.07, 6.45) is 5.83. The van der Waals surface area contributed by atoms with Crippen molar-refractivity contribution in [2.75, 3.05) is 5.73 Å². The van der Waals surface area contributed by atoms with Gasteiger partial charge in [-0.1, -0.05) is 13.8 Å². The van der Waals surface area contributed by atoms with Crippen LogP contribution in [0.1, 0.15) is 40.5 Å². The molecule has 19 heavy (non-hydrogen) atoms. The van der Waals surface area contributed by atoms with Crippen LogP contribution in [0.25, 0.3) is 0 Å². The predicted molar refractivity (Wildman–Crippen MR) is 82.7 cm³/mol. The fraction of sp³-hybridized carbons (Fsp3) is 0.438. The molecule has 0 amide bonds. The van der Waals surface area contributed by atoms with Crippen molar-refractivity contribution >= 4 is 11.9 Å². The minimum absolute atomic E-state index is 0.396. The second-order valence-corrected chi connectivity index (χ2v) is 4.98. The van der Waals surface area contributed by atoms with E-state index in [0.717, 1.165) is 30.0 Å². The summed E-state index contributed by atoms with van der Waals surface area (Å²) in [6.45, 7) is 8.23. The van der Waals surface area contributed by atoms with E-state index >= 15 is 0 Å². The minimum atomic E-state index is -0.396. The van der Waals surface area contributed by atoms with Gasteiger partial charge in [0.1, 0.15) is 11.4 Å². The highest BCUT2D eigenvalue weighted by atomic mass is 16.5. The van der Waals surface area contributed by atoms with E-state index in [4.69, 9.17) is 10.5 Å². The van der Waals surface area contributed by atoms with Crippen LogP contribution in [0.3, 0.4) is 0 Å². The first-order chi connectivity index (χ1) is 8.96. The first-order valence-electron chi connectivity index (χ1n) is 6.75. The number of aliphatic imine (C=N–C) groups is 1. The number of hydrogen-bond acceptors (Lipinski definition) is 3. The maximum atomic E-state index is 5.96. The highest BCUT2D eigenvalue weighted by molar-refractivity contribution is 5.58. The number of nitrogens with zero attached hydrogens (tertiary/aromatic N) is 1. The molecule has 1 aromatic carbocycles. The van der Waals surface area contributed by atoms with Crippen molar-refractivity contribution in [1.29, 1.82) is 0 Å². The summed E-state index contributed by atoms with van der Waals surface area (Å²) >= 11 is 0. The summed E-state index contributed by atoms with van der Waals surface area (Å²) in [4.78, 5) is 4.44. The predicted octanol–water partition coefficient (Wildman–Crippen LogP) is 4.20. The van der Waals surface area contributed by atoms with Gasteiger partial charge < -0.3 is 10.5 Å². The first kappa shape index (κ1) is 15.3. The molecule has 3 heteroatoms. The van der Waals surface area contributed by atoms with Crippen LogP contribution in [0, 0.1) is 0 Å². The van der Waals surface area contributed by atoms with Crippen LogP contribution < -0.4 is 10.5 Å². The van der Waals surface area contributed by atoms with Crippen LogP contribution in [0.2, 0.25) is 0 Å². The normalized spacial score (nSPS) is 12.9. The molecule has 104 valence electrons. The Bertz CT molecular complexity index is 444. The summed E-state index contributed by atoms with van der Waals surface area (Å²) in [6, 6.07) is 7.44. The Kier molecular flexibility index (Phi) is 5.61. The van der Waals surface area contributed by atoms with Gasteiger partial charge in [0, 0.05) is 17.6 Å². The average molecular weight is 260 g/mol. The molecule has 0 aliphatic heterocycles. The quantitative estimate of drug-likeness (QED) is 0.615. The second-order valence-electron chi connectivity index (χ2n) is 4.98. The van der Waals surface area contributed by atoms with Crippen LogP contribution in [0.4, 0.5) is 5.69 Å². The fourth-order valence-corrected chi connectivity index (χ4v) is 1.71. The summed E-state index contributed by atoms with van der Waals surface area (Å²) < 4.78 is 5.96. The zero-order chi connectivity index (χ0) is 14.3. The SMILES string of the molecule is CC/C=N\C(=C\C(C)(C)Oc1ccc(N)cc1)CC. The van der Waals surface area contributed by atoms with Gasteiger partial charge in [-0.05, 0) is 57.0 Å². The number of hydrogen-bond donors (Lipinski definition) is 1. The van der Waals surface area contributed by atoms with E-state index in [1.54, 1.807) is 0 Å². The molecule has 1 aromatic rings. The van der Waals surface area contributed by atoms with E-state index in [1.165, 1.54) is 0 Å². The largest absolute Gasteiger partial charge is 0.484 e. The topological polar surface area (TPSA) is 47.6 Å². The number of ether oxygens (including phenoxy) is 1. The van der Waals surface area contributed by atoms with E-state index < -0.39 is 5.60 Å². The van der Waals surface area contributed by atoms with Crippen molar-refractivity contribution in [1.82, 2.24) is 0 Å². The van der Waals surface area contributed by atoms with Gasteiger partial charge >= 0.3 is 0 Å². The molecule has 0 aromatic heterocycles. The lowest BCUT2D eigenvalue weighted by Gasteiger charge is -2.23. The van der Waals surface area contributed by atoms with Gasteiger partial charge in [0.2, 0.25) is 0 Å². The molecule has 0 fully saturated rings. The zero-order valence-corrected chi connectivity index (χ0v) is 12.3. The van der Waals surface area contributed by atoms with Gasteiger partial charge in [-0.3, -0.25) is 4.99 Å². The molecule has 0 spiro atoms. The molecule has 0 saturated heterocycles. The Morgan fingerprint density at radius 3 is 2.42 bits per heavy atom. The fourth-order valence-electron chi connectivity index (χ4n) is 1.71. The van der Waals surface area contributed by atoms with E-state index in [0.29, 0.717) is 0 Å². The average Bonchev–Trinajstić information content (AvgIpc) is 2.37. The van der Waals surface area contributed by atoms with Crippen LogP contribution in [-0.2, 0) is 0 Å². The molecule has 2 N–H and O–H groups in total. The molecular formula is C16H24N2O. The van der Waals surface area contributed by atoms with E-state index in [2.05, 4.69) is 24.9 Å². The molecule has 0 heterocycles. The third-order valence-corrected chi connectivity index (χ3v) is 2.58. The molecule has 1 rings (SSSR count). The van der Waals surface area contributed by atoms with Gasteiger partial charge in [-0.2, -0.15) is 0 Å². The van der Waals surface area contributed by atoms with Crippen LogP contribution in [0.15, 0.2) is 41.0 Å². The smallest absolute Gasteiger partial charge is 0.124 e. The molecule has 3 nitrogen and oxygen atoms in total. The molecule has 0 unspecified atom stereocenters. The van der Waals surface area contributed by atoms with Gasteiger partial charge in [-0.25, -0.2) is 0 Å². The summed E-state index contributed by atoms with van der Waals surface area (Å²) in [5.41, 5.74) is 7.05. The van der Waals surface area contributed by atoms with Crippen LogP contribution >= 0.6 is 0 Å². The molecule has 0 saturated carbocycles. The van der Waals surface area contributed by atoms with Crippen molar-refractivity contribution in [3.63, 3.8) is 0 Å². The highest BCUT2D eigenvalue weighted by Crippen LogP contribution is 2.22. The lowest BCUT2D eigenvalue weighted by Crippen LogP contribution is -2.25. The Morgan fingerprint density at radius 1 is 1.26 bits per heavy atom. The maximum Gasteiger partial charge on any atom is 0.124 e. The third-order valence-electron chi connectivity index (χ3n) is 2.58. The van der Waals surface area contributed by atoms with Crippen LogP contribution in [0.5, 0.6) is 5.75 Å². The number of benzene rings is 1. The van der Waals surface area contributed by atoms with Gasteiger partial charge in [0.15, 0.2) is 0 Å². The Morgan fingerprint density at radius 2 is 1.89 bits per heavy atom. The second kappa shape index (κ2) is 6.98. The van der Waals surface area contributed by atoms with Crippen LogP contribution in [-0.4, -0.2) is 11.8 Å². The molecule has 0 radical (unpaired) electrons. The van der Waals surface area contributed by atoms with E-state index in [-0.39, 0.29) is 0 Å². The number of nitrogens with two attached hydrogens (primary N) is 1. The van der Waals surface area contributed by atoms with Crippen molar-refractivity contribution in [3.8, 4) is 5.75 Å². The zero-order valence-electron chi connectivity index (χ0n) is 12.3. The molecule has 0 atom stereocenters. The van der Waals surface area contributed by atoms with E-state index in [9.17, 15) is 0 Å². The van der Waals surface area contributed by atoms with Crippen molar-refractivity contribution in [2.45, 2.75) is 46.1 Å². The van der Waals surface area contributed by atoms with E-state index in [1.807, 2.05) is 44.3 Å². The van der Waals surface area contributed by atoms with Crippen molar-refractivity contribution in [3.05, 3.63) is 36.0 Å². The monoisotopic (exact) mass is 260 g/mol. The number of rotatable bonds is 6. The molecule has 0 aliphatic rings. The van der Waals surface area contributed by atoms with Gasteiger partial charge in [0.25, 0.3) is 0 Å². The number of allylic oxidation sites excluding steroid dienone is 1. The van der Waals surface area contributed by atoms with Gasteiger partial charge in [0.05, 0.1) is 0 Å². The summed E-state index contributed by atoms with van der Waals surface area (Å²) in [7, 11) is 0. The lowest BCUT2D eigenvalue weighted by atomic mass is 10.1. The first-order valence-corrected chi connectivity index (χ1v) is 6.75. The minimum Gasteiger partial charge on any atom is -0.484 e. The standard InChI is InChI=1S/C16H24N2O/c1-5-11-18-14(6-2)12-16(3,4)19-15-9-7-13(17)8-10-15/h7-12H,5-6,17H2,1-4H3/b14-12+,18-11-.